The van der Waals surface area contributed by atoms with E-state index in [-0.39, 0.29) is 12.7 Å². The zero-order valence-electron chi connectivity index (χ0n) is 16.0. The lowest BCUT2D eigenvalue weighted by Crippen LogP contribution is -2.32. The van der Waals surface area contributed by atoms with Crippen LogP contribution in [0.4, 0.5) is 5.69 Å². The summed E-state index contributed by atoms with van der Waals surface area (Å²) in [4.78, 5) is 47.4. The van der Waals surface area contributed by atoms with E-state index < -0.39 is 30.9 Å². The van der Waals surface area contributed by atoms with Gasteiger partial charge in [0.1, 0.15) is 6.54 Å². The molecule has 1 aliphatic heterocycles. The van der Waals surface area contributed by atoms with E-state index in [1.807, 2.05) is 0 Å². The summed E-state index contributed by atoms with van der Waals surface area (Å²) in [5.74, 6) is -1.17. The number of benzene rings is 2. The van der Waals surface area contributed by atoms with Gasteiger partial charge in [-0.05, 0) is 36.4 Å². The van der Waals surface area contributed by atoms with Crippen LogP contribution < -0.4 is 25.4 Å². The van der Waals surface area contributed by atoms with E-state index >= 15 is 0 Å². The number of rotatable bonds is 7. The molecule has 3 N–H and O–H groups in total. The number of hydrogen-bond acceptors (Lipinski definition) is 7. The summed E-state index contributed by atoms with van der Waals surface area (Å²) in [6.07, 6.45) is 0. The summed E-state index contributed by atoms with van der Waals surface area (Å²) in [5, 5.41) is 7.41. The number of ether oxygens (including phenoxy) is 3. The van der Waals surface area contributed by atoms with Crippen molar-refractivity contribution in [2.45, 2.75) is 0 Å². The van der Waals surface area contributed by atoms with Crippen molar-refractivity contribution < 1.29 is 33.4 Å². The number of nitrogens with one attached hydrogen (secondary N) is 3. The Labute approximate surface area is 171 Å². The number of hydrogen-bond donors (Lipinski definition) is 3. The zero-order valence-corrected chi connectivity index (χ0v) is 16.0. The predicted molar refractivity (Wildman–Crippen MR) is 104 cm³/mol. The topological polar surface area (TPSA) is 132 Å². The molecule has 0 saturated heterocycles. The lowest BCUT2D eigenvalue weighted by molar-refractivity contribution is -0.146. The van der Waals surface area contributed by atoms with Crippen LogP contribution in [0, 0.1) is 0 Å². The molecule has 156 valence electrons. The molecule has 2 aromatic carbocycles. The maximum atomic E-state index is 12.1. The van der Waals surface area contributed by atoms with Crippen LogP contribution in [0.2, 0.25) is 0 Å². The summed E-state index contributed by atoms with van der Waals surface area (Å²) in [6, 6.07) is 10.9. The second kappa shape index (κ2) is 9.41. The van der Waals surface area contributed by atoms with Crippen LogP contribution >= 0.6 is 0 Å². The third-order valence-electron chi connectivity index (χ3n) is 4.03. The second-order valence-corrected chi connectivity index (χ2v) is 6.12. The summed E-state index contributed by atoms with van der Waals surface area (Å²) in [6.45, 7) is -0.861. The normalized spacial score (nSPS) is 11.4. The SMILES string of the molecule is CNC(=O)c1cccc(NC(=O)COC(=O)CNC(=O)c2ccc3c(c2)OCO3)c1. The molecule has 0 spiro atoms. The zero-order chi connectivity index (χ0) is 21.5. The van der Waals surface area contributed by atoms with Gasteiger partial charge in [0.15, 0.2) is 18.1 Å². The van der Waals surface area contributed by atoms with Crippen LogP contribution in [0.25, 0.3) is 0 Å². The van der Waals surface area contributed by atoms with E-state index in [1.54, 1.807) is 24.3 Å². The fourth-order valence-electron chi connectivity index (χ4n) is 2.57. The number of carbonyl (C=O) groups excluding carboxylic acids is 4. The predicted octanol–water partition coefficient (Wildman–Crippen LogP) is 0.687. The third-order valence-corrected chi connectivity index (χ3v) is 4.03. The van der Waals surface area contributed by atoms with E-state index in [0.717, 1.165) is 0 Å². The highest BCUT2D eigenvalue weighted by atomic mass is 16.7. The van der Waals surface area contributed by atoms with Gasteiger partial charge in [-0.25, -0.2) is 0 Å². The molecule has 0 fully saturated rings. The molecule has 0 aromatic heterocycles. The van der Waals surface area contributed by atoms with Crippen molar-refractivity contribution >= 4 is 29.4 Å². The Kier molecular flexibility index (Phi) is 6.48. The number of fused-ring (bicyclic) bond motifs is 1. The Balaban J connectivity index is 1.42. The first-order valence-corrected chi connectivity index (χ1v) is 8.91. The summed E-state index contributed by atoms with van der Waals surface area (Å²) < 4.78 is 15.2. The molecular weight excluding hydrogens is 394 g/mol. The number of amides is 3. The minimum atomic E-state index is -0.779. The first-order chi connectivity index (χ1) is 14.5. The van der Waals surface area contributed by atoms with E-state index in [2.05, 4.69) is 16.0 Å². The molecule has 10 nitrogen and oxygen atoms in total. The number of anilines is 1. The van der Waals surface area contributed by atoms with Crippen molar-refractivity contribution in [1.29, 1.82) is 0 Å². The fourth-order valence-corrected chi connectivity index (χ4v) is 2.57. The molecule has 3 amide bonds. The highest BCUT2D eigenvalue weighted by Gasteiger charge is 2.17. The van der Waals surface area contributed by atoms with Crippen molar-refractivity contribution in [3.8, 4) is 11.5 Å². The van der Waals surface area contributed by atoms with Gasteiger partial charge in [-0.15, -0.1) is 0 Å². The molecule has 2 aromatic rings. The van der Waals surface area contributed by atoms with Crippen LogP contribution in [-0.2, 0) is 14.3 Å². The smallest absolute Gasteiger partial charge is 0.325 e. The van der Waals surface area contributed by atoms with Crippen molar-refractivity contribution in [1.82, 2.24) is 10.6 Å². The lowest BCUT2D eigenvalue weighted by Gasteiger charge is -2.09. The molecule has 1 aliphatic rings. The molecule has 0 aliphatic carbocycles. The second-order valence-electron chi connectivity index (χ2n) is 6.12. The first-order valence-electron chi connectivity index (χ1n) is 8.91. The maximum Gasteiger partial charge on any atom is 0.325 e. The van der Waals surface area contributed by atoms with Gasteiger partial charge in [0, 0.05) is 23.9 Å². The van der Waals surface area contributed by atoms with E-state index in [1.165, 1.54) is 25.2 Å². The Morgan fingerprint density at radius 2 is 1.73 bits per heavy atom. The van der Waals surface area contributed by atoms with Crippen molar-refractivity contribution in [3.63, 3.8) is 0 Å². The van der Waals surface area contributed by atoms with Crippen LogP contribution in [0.15, 0.2) is 42.5 Å². The first kappa shape index (κ1) is 20.6. The summed E-state index contributed by atoms with van der Waals surface area (Å²) in [7, 11) is 1.50. The minimum Gasteiger partial charge on any atom is -0.454 e. The molecule has 0 bridgehead atoms. The van der Waals surface area contributed by atoms with Crippen LogP contribution in [-0.4, -0.2) is 50.7 Å². The molecule has 1 heterocycles. The monoisotopic (exact) mass is 413 g/mol. The van der Waals surface area contributed by atoms with Gasteiger partial charge in [0.25, 0.3) is 17.7 Å². The Morgan fingerprint density at radius 3 is 2.53 bits per heavy atom. The van der Waals surface area contributed by atoms with Gasteiger partial charge in [0.05, 0.1) is 0 Å². The van der Waals surface area contributed by atoms with Gasteiger partial charge in [-0.1, -0.05) is 6.07 Å². The molecule has 30 heavy (non-hydrogen) atoms. The van der Waals surface area contributed by atoms with Gasteiger partial charge in [-0.3, -0.25) is 19.2 Å². The van der Waals surface area contributed by atoms with Crippen LogP contribution in [0.1, 0.15) is 20.7 Å². The molecule has 0 radical (unpaired) electrons. The molecular formula is C20H19N3O7. The van der Waals surface area contributed by atoms with Crippen molar-refractivity contribution in [2.24, 2.45) is 0 Å². The third kappa shape index (κ3) is 5.25. The molecule has 3 rings (SSSR count). The largest absolute Gasteiger partial charge is 0.454 e. The minimum absolute atomic E-state index is 0.0882. The summed E-state index contributed by atoms with van der Waals surface area (Å²) in [5.41, 5.74) is 1.05. The fraction of sp³-hybridized carbons (Fsp3) is 0.200. The highest BCUT2D eigenvalue weighted by Crippen LogP contribution is 2.32. The number of esters is 1. The molecule has 0 saturated carbocycles. The lowest BCUT2D eigenvalue weighted by atomic mass is 10.2. The average molecular weight is 413 g/mol. The number of carbonyl (C=O) groups is 4. The Hall–Kier alpha value is -4.08. The molecule has 10 heteroatoms. The standard InChI is InChI=1S/C20H19N3O7/c1-21-19(26)12-3-2-4-14(7-12)23-17(24)10-28-18(25)9-22-20(27)13-5-6-15-16(8-13)30-11-29-15/h2-8H,9-11H2,1H3,(H,21,26)(H,22,27)(H,23,24). The Morgan fingerprint density at radius 1 is 0.967 bits per heavy atom. The van der Waals surface area contributed by atoms with E-state index in [9.17, 15) is 19.2 Å². The quantitative estimate of drug-likeness (QED) is 0.569. The van der Waals surface area contributed by atoms with Gasteiger partial charge in [-0.2, -0.15) is 0 Å². The van der Waals surface area contributed by atoms with Gasteiger partial charge >= 0.3 is 5.97 Å². The van der Waals surface area contributed by atoms with E-state index in [4.69, 9.17) is 14.2 Å². The summed E-state index contributed by atoms with van der Waals surface area (Å²) >= 11 is 0. The maximum absolute atomic E-state index is 12.1. The van der Waals surface area contributed by atoms with Crippen molar-refractivity contribution in [2.75, 3.05) is 32.3 Å². The molecule has 0 unspecified atom stereocenters. The van der Waals surface area contributed by atoms with Crippen molar-refractivity contribution in [3.05, 3.63) is 53.6 Å². The Bertz CT molecular complexity index is 990. The van der Waals surface area contributed by atoms with Gasteiger partial charge < -0.3 is 30.2 Å². The highest BCUT2D eigenvalue weighted by molar-refractivity contribution is 5.98. The van der Waals surface area contributed by atoms with E-state index in [0.29, 0.717) is 28.3 Å². The van der Waals surface area contributed by atoms with Crippen LogP contribution in [0.5, 0.6) is 11.5 Å². The molecule has 0 atom stereocenters. The van der Waals surface area contributed by atoms with Gasteiger partial charge in [0.2, 0.25) is 6.79 Å². The van der Waals surface area contributed by atoms with Crippen LogP contribution in [0.3, 0.4) is 0 Å². The average Bonchev–Trinajstić information content (AvgIpc) is 3.23.